The van der Waals surface area contributed by atoms with Crippen LogP contribution in [0.3, 0.4) is 0 Å². The van der Waals surface area contributed by atoms with Gasteiger partial charge in [-0.3, -0.25) is 0 Å². The van der Waals surface area contributed by atoms with Crippen LogP contribution >= 0.6 is 15.9 Å². The molecule has 0 saturated carbocycles. The number of rotatable bonds is 2. The standard InChI is InChI=1S/C21H25BrN6/c1-14-17(22)3-4-18(26-14)27-9-6-15-7-10-28(12-21(15,2)11-27)20-16-5-8-23-19(16)24-13-25-20/h3-5,8,13,15H,6-7,9-12H2,1-2H3,(H,23,24,25)/t15?,21-/m1/s1. The second kappa shape index (κ2) is 6.72. The van der Waals surface area contributed by atoms with Crippen molar-refractivity contribution in [1.82, 2.24) is 19.9 Å². The molecule has 0 radical (unpaired) electrons. The summed E-state index contributed by atoms with van der Waals surface area (Å²) in [6.07, 6.45) is 6.06. The summed E-state index contributed by atoms with van der Waals surface area (Å²) in [5.41, 5.74) is 2.18. The Morgan fingerprint density at radius 2 is 1.89 bits per heavy atom. The maximum absolute atomic E-state index is 4.82. The normalized spacial score (nSPS) is 25.2. The van der Waals surface area contributed by atoms with E-state index in [1.54, 1.807) is 6.33 Å². The first-order chi connectivity index (χ1) is 13.5. The van der Waals surface area contributed by atoms with Crippen LogP contribution in [0.15, 0.2) is 35.2 Å². The molecule has 0 aliphatic carbocycles. The average molecular weight is 441 g/mol. The summed E-state index contributed by atoms with van der Waals surface area (Å²) in [7, 11) is 0. The summed E-state index contributed by atoms with van der Waals surface area (Å²) < 4.78 is 1.07. The predicted molar refractivity (Wildman–Crippen MR) is 116 cm³/mol. The van der Waals surface area contributed by atoms with Crippen LogP contribution in [0.1, 0.15) is 25.5 Å². The van der Waals surface area contributed by atoms with Crippen molar-refractivity contribution in [3.05, 3.63) is 40.9 Å². The SMILES string of the molecule is Cc1nc(N2CCC3CCN(c4ncnc5[nH]ccc45)C[C@@]3(C)C2)ccc1Br. The van der Waals surface area contributed by atoms with Crippen molar-refractivity contribution in [2.75, 3.05) is 36.0 Å². The Morgan fingerprint density at radius 3 is 2.71 bits per heavy atom. The van der Waals surface area contributed by atoms with Crippen LogP contribution in [-0.2, 0) is 0 Å². The molecule has 7 heteroatoms. The largest absolute Gasteiger partial charge is 0.356 e. The van der Waals surface area contributed by atoms with E-state index in [1.165, 1.54) is 12.8 Å². The molecule has 0 amide bonds. The first kappa shape index (κ1) is 17.9. The fourth-order valence-electron chi connectivity index (χ4n) is 5.00. The Labute approximate surface area is 173 Å². The van der Waals surface area contributed by atoms with E-state index in [2.05, 4.69) is 72.7 Å². The lowest BCUT2D eigenvalue weighted by Gasteiger charge is -2.52. The van der Waals surface area contributed by atoms with Gasteiger partial charge in [0.1, 0.15) is 23.6 Å². The van der Waals surface area contributed by atoms with Gasteiger partial charge < -0.3 is 14.8 Å². The molecule has 5 rings (SSSR count). The van der Waals surface area contributed by atoms with Crippen molar-refractivity contribution in [1.29, 1.82) is 0 Å². The van der Waals surface area contributed by atoms with E-state index in [9.17, 15) is 0 Å². The summed E-state index contributed by atoms with van der Waals surface area (Å²) in [5.74, 6) is 2.90. The highest BCUT2D eigenvalue weighted by atomic mass is 79.9. The van der Waals surface area contributed by atoms with Gasteiger partial charge in [0.2, 0.25) is 0 Å². The van der Waals surface area contributed by atoms with Gasteiger partial charge in [-0.2, -0.15) is 0 Å². The third-order valence-electron chi connectivity index (χ3n) is 6.55. The third-order valence-corrected chi connectivity index (χ3v) is 7.39. The Morgan fingerprint density at radius 1 is 1.11 bits per heavy atom. The number of hydrogen-bond donors (Lipinski definition) is 1. The molecule has 28 heavy (non-hydrogen) atoms. The van der Waals surface area contributed by atoms with Gasteiger partial charge in [0.15, 0.2) is 0 Å². The summed E-state index contributed by atoms with van der Waals surface area (Å²) in [4.78, 5) is 21.9. The van der Waals surface area contributed by atoms with E-state index in [4.69, 9.17) is 4.98 Å². The molecule has 1 unspecified atom stereocenters. The minimum atomic E-state index is 0.215. The molecule has 2 aliphatic rings. The number of pyridine rings is 1. The highest BCUT2D eigenvalue weighted by Gasteiger charge is 2.44. The maximum Gasteiger partial charge on any atom is 0.142 e. The number of aromatic nitrogens is 4. The fourth-order valence-corrected chi connectivity index (χ4v) is 5.22. The quantitative estimate of drug-likeness (QED) is 0.647. The number of halogens is 1. The predicted octanol–water partition coefficient (Wildman–Crippen LogP) is 4.17. The van der Waals surface area contributed by atoms with Gasteiger partial charge in [0.05, 0.1) is 11.1 Å². The van der Waals surface area contributed by atoms with Gasteiger partial charge in [-0.25, -0.2) is 15.0 Å². The number of hydrogen-bond acceptors (Lipinski definition) is 5. The molecule has 2 fully saturated rings. The summed E-state index contributed by atoms with van der Waals surface area (Å²) in [5, 5.41) is 1.11. The van der Waals surface area contributed by atoms with E-state index in [1.807, 2.05) is 6.20 Å². The fraction of sp³-hybridized carbons (Fsp3) is 0.476. The first-order valence-electron chi connectivity index (χ1n) is 9.95. The lowest BCUT2D eigenvalue weighted by atomic mass is 9.68. The number of piperidine rings is 2. The smallest absolute Gasteiger partial charge is 0.142 e. The third kappa shape index (κ3) is 2.96. The van der Waals surface area contributed by atoms with E-state index >= 15 is 0 Å². The number of anilines is 2. The number of aryl methyl sites for hydroxylation is 1. The van der Waals surface area contributed by atoms with Crippen LogP contribution in [0.4, 0.5) is 11.6 Å². The molecule has 3 aromatic rings. The van der Waals surface area contributed by atoms with Crippen LogP contribution in [0.2, 0.25) is 0 Å². The molecule has 0 spiro atoms. The number of nitrogens with zero attached hydrogens (tertiary/aromatic N) is 5. The molecule has 0 aromatic carbocycles. The van der Waals surface area contributed by atoms with Crippen LogP contribution < -0.4 is 9.80 Å². The number of fused-ring (bicyclic) bond motifs is 2. The van der Waals surface area contributed by atoms with Gasteiger partial charge in [0.25, 0.3) is 0 Å². The summed E-state index contributed by atoms with van der Waals surface area (Å²) >= 11 is 3.57. The number of aromatic amines is 1. The molecule has 6 nitrogen and oxygen atoms in total. The van der Waals surface area contributed by atoms with Crippen LogP contribution in [0.25, 0.3) is 11.0 Å². The summed E-state index contributed by atoms with van der Waals surface area (Å²) in [6, 6.07) is 6.33. The van der Waals surface area contributed by atoms with Gasteiger partial charge in [0, 0.05) is 42.3 Å². The summed E-state index contributed by atoms with van der Waals surface area (Å²) in [6.45, 7) is 8.69. The zero-order chi connectivity index (χ0) is 19.3. The molecule has 3 aromatic heterocycles. The van der Waals surface area contributed by atoms with Crippen molar-refractivity contribution < 1.29 is 0 Å². The minimum Gasteiger partial charge on any atom is -0.356 e. The Hall–Kier alpha value is -2.15. The Bertz CT molecular complexity index is 1020. The highest BCUT2D eigenvalue weighted by Crippen LogP contribution is 2.44. The van der Waals surface area contributed by atoms with Crippen molar-refractivity contribution in [3.8, 4) is 0 Å². The van der Waals surface area contributed by atoms with Gasteiger partial charge in [-0.05, 0) is 59.8 Å². The highest BCUT2D eigenvalue weighted by molar-refractivity contribution is 9.10. The van der Waals surface area contributed by atoms with E-state index in [0.717, 1.165) is 64.9 Å². The van der Waals surface area contributed by atoms with Crippen molar-refractivity contribution in [3.63, 3.8) is 0 Å². The number of nitrogens with one attached hydrogen (secondary N) is 1. The number of H-pyrrole nitrogens is 1. The van der Waals surface area contributed by atoms with E-state index in [0.29, 0.717) is 0 Å². The topological polar surface area (TPSA) is 60.9 Å². The minimum absolute atomic E-state index is 0.215. The zero-order valence-corrected chi connectivity index (χ0v) is 17.9. The molecule has 2 atom stereocenters. The molecule has 2 saturated heterocycles. The van der Waals surface area contributed by atoms with Crippen LogP contribution in [-0.4, -0.2) is 46.1 Å². The second-order valence-electron chi connectivity index (χ2n) is 8.45. The lowest BCUT2D eigenvalue weighted by molar-refractivity contribution is 0.125. The molecule has 5 heterocycles. The average Bonchev–Trinajstić information content (AvgIpc) is 3.17. The molecule has 1 N–H and O–H groups in total. The van der Waals surface area contributed by atoms with E-state index < -0.39 is 0 Å². The molecular weight excluding hydrogens is 416 g/mol. The van der Waals surface area contributed by atoms with Gasteiger partial charge in [-0.15, -0.1) is 0 Å². The van der Waals surface area contributed by atoms with Crippen molar-refractivity contribution in [2.45, 2.75) is 26.7 Å². The van der Waals surface area contributed by atoms with Gasteiger partial charge in [-0.1, -0.05) is 6.92 Å². The molecular formula is C21H25BrN6. The van der Waals surface area contributed by atoms with Crippen molar-refractivity contribution in [2.24, 2.45) is 11.3 Å². The van der Waals surface area contributed by atoms with Crippen LogP contribution in [0, 0.1) is 18.3 Å². The molecule has 0 bridgehead atoms. The van der Waals surface area contributed by atoms with Gasteiger partial charge >= 0.3 is 0 Å². The first-order valence-corrected chi connectivity index (χ1v) is 10.7. The monoisotopic (exact) mass is 440 g/mol. The zero-order valence-electron chi connectivity index (χ0n) is 16.3. The van der Waals surface area contributed by atoms with Crippen molar-refractivity contribution >= 4 is 38.6 Å². The Balaban J connectivity index is 1.42. The van der Waals surface area contributed by atoms with Crippen LogP contribution in [0.5, 0.6) is 0 Å². The maximum atomic E-state index is 4.82. The second-order valence-corrected chi connectivity index (χ2v) is 9.30. The Kier molecular flexibility index (Phi) is 4.30. The van der Waals surface area contributed by atoms with E-state index in [-0.39, 0.29) is 5.41 Å². The molecule has 146 valence electrons. The lowest BCUT2D eigenvalue weighted by Crippen LogP contribution is -2.57. The molecule has 2 aliphatic heterocycles.